The highest BCUT2D eigenvalue weighted by Crippen LogP contribution is 2.41. The summed E-state index contributed by atoms with van der Waals surface area (Å²) < 4.78 is 0. The van der Waals surface area contributed by atoms with E-state index in [2.05, 4.69) is 5.32 Å². The second-order valence-electron chi connectivity index (χ2n) is 4.19. The van der Waals surface area contributed by atoms with Gasteiger partial charge in [0.05, 0.1) is 0 Å². The van der Waals surface area contributed by atoms with Crippen molar-refractivity contribution in [3.63, 3.8) is 0 Å². The number of hydrogen-bond donors (Lipinski definition) is 1. The first-order chi connectivity index (χ1) is 7.04. The molecule has 1 aliphatic carbocycles. The first-order valence-corrected chi connectivity index (χ1v) is 4.95. The van der Waals surface area contributed by atoms with Gasteiger partial charge in [0.2, 0.25) is 0 Å². The van der Waals surface area contributed by atoms with E-state index in [9.17, 15) is 9.59 Å². The number of carbonyl (C=O) groups excluding carboxylic acids is 2. The van der Waals surface area contributed by atoms with Crippen LogP contribution in [0.5, 0.6) is 0 Å². The number of nitrogens with one attached hydrogen (secondary N) is 1. The van der Waals surface area contributed by atoms with E-state index in [1.54, 1.807) is 0 Å². The zero-order valence-corrected chi connectivity index (χ0v) is 8.83. The second-order valence-corrected chi connectivity index (χ2v) is 4.19. The Morgan fingerprint density at radius 2 is 2.13 bits per heavy atom. The molecule has 0 bridgehead atoms. The lowest BCUT2D eigenvalue weighted by Gasteiger charge is -2.31. The Morgan fingerprint density at radius 1 is 1.40 bits per heavy atom. The van der Waals surface area contributed by atoms with Gasteiger partial charge in [0.25, 0.3) is 11.8 Å². The molecule has 0 radical (unpaired) electrons. The molecule has 1 heterocycles. The summed E-state index contributed by atoms with van der Waals surface area (Å²) in [6.07, 6.45) is 8.16. The lowest BCUT2D eigenvalue weighted by Crippen LogP contribution is -2.30. The summed E-state index contributed by atoms with van der Waals surface area (Å²) in [4.78, 5) is 22.7. The number of rotatable bonds is 1. The number of carbonyl (C=O) groups is 2. The van der Waals surface area contributed by atoms with Crippen LogP contribution in [-0.2, 0) is 9.59 Å². The molecule has 1 unspecified atom stereocenters. The fraction of sp³-hybridized carbons (Fsp3) is 0.333. The molecule has 1 aliphatic heterocycles. The summed E-state index contributed by atoms with van der Waals surface area (Å²) in [5, 5.41) is 2.29. The molecule has 0 saturated heterocycles. The van der Waals surface area contributed by atoms with Gasteiger partial charge in [0.1, 0.15) is 0 Å². The molecule has 0 spiro atoms. The van der Waals surface area contributed by atoms with Gasteiger partial charge >= 0.3 is 0 Å². The van der Waals surface area contributed by atoms with Crippen LogP contribution in [0.25, 0.3) is 0 Å². The van der Waals surface area contributed by atoms with Crippen molar-refractivity contribution < 1.29 is 9.59 Å². The largest absolute Gasteiger partial charge is 0.289 e. The van der Waals surface area contributed by atoms with Crippen molar-refractivity contribution in [2.75, 3.05) is 0 Å². The van der Waals surface area contributed by atoms with Gasteiger partial charge in [-0.15, -0.1) is 0 Å². The van der Waals surface area contributed by atoms with Gasteiger partial charge < -0.3 is 0 Å². The van der Waals surface area contributed by atoms with E-state index in [-0.39, 0.29) is 17.2 Å². The van der Waals surface area contributed by atoms with E-state index < -0.39 is 0 Å². The molecule has 3 heteroatoms. The van der Waals surface area contributed by atoms with Crippen molar-refractivity contribution in [1.82, 2.24) is 5.32 Å². The minimum atomic E-state index is -0.328. The fourth-order valence-electron chi connectivity index (χ4n) is 2.01. The Morgan fingerprint density at radius 3 is 2.67 bits per heavy atom. The highest BCUT2D eigenvalue weighted by atomic mass is 16.2. The van der Waals surface area contributed by atoms with Gasteiger partial charge in [-0.05, 0) is 13.3 Å². The van der Waals surface area contributed by atoms with Gasteiger partial charge in [-0.3, -0.25) is 14.9 Å². The zero-order chi connectivity index (χ0) is 11.1. The van der Waals surface area contributed by atoms with Crippen molar-refractivity contribution in [3.8, 4) is 0 Å². The lowest BCUT2D eigenvalue weighted by molar-refractivity contribution is -0.124. The van der Waals surface area contributed by atoms with Crippen LogP contribution in [-0.4, -0.2) is 11.8 Å². The Bertz CT molecular complexity index is 429. The average molecular weight is 203 g/mol. The fourth-order valence-corrected chi connectivity index (χ4v) is 2.01. The first kappa shape index (κ1) is 9.90. The van der Waals surface area contributed by atoms with Gasteiger partial charge in [0.15, 0.2) is 0 Å². The molecular formula is C12H13NO2. The summed E-state index contributed by atoms with van der Waals surface area (Å²) in [6.45, 7) is 3.98. The third kappa shape index (κ3) is 1.44. The van der Waals surface area contributed by atoms with Gasteiger partial charge in [-0.2, -0.15) is 0 Å². The number of imide groups is 1. The average Bonchev–Trinajstić information content (AvgIpc) is 2.51. The van der Waals surface area contributed by atoms with E-state index in [1.807, 2.05) is 32.1 Å². The van der Waals surface area contributed by atoms with Crippen LogP contribution in [0.3, 0.4) is 0 Å². The second kappa shape index (κ2) is 3.19. The van der Waals surface area contributed by atoms with Crippen LogP contribution in [0.2, 0.25) is 0 Å². The maximum Gasteiger partial charge on any atom is 0.255 e. The summed E-state index contributed by atoms with van der Waals surface area (Å²) in [5.74, 6) is -0.566. The quantitative estimate of drug-likeness (QED) is 0.656. The van der Waals surface area contributed by atoms with Gasteiger partial charge in [-0.1, -0.05) is 30.7 Å². The highest BCUT2D eigenvalue weighted by Gasteiger charge is 2.38. The summed E-state index contributed by atoms with van der Waals surface area (Å²) in [5.41, 5.74) is 1.36. The Kier molecular flexibility index (Phi) is 2.11. The molecule has 0 aromatic rings. The molecule has 78 valence electrons. The lowest BCUT2D eigenvalue weighted by atomic mass is 9.71. The van der Waals surface area contributed by atoms with Crippen molar-refractivity contribution in [3.05, 3.63) is 35.5 Å². The standard InChI is InChI=1S/C12H13NO2/c1-8-5-3-4-6-12(8,2)9-7-10(14)13-11(9)15/h3-5,7H,6H2,1-2H3,(H,13,14,15). The predicted molar refractivity (Wildman–Crippen MR) is 56.9 cm³/mol. The Labute approximate surface area is 88.5 Å². The van der Waals surface area contributed by atoms with Gasteiger partial charge in [-0.25, -0.2) is 0 Å². The third-order valence-electron chi connectivity index (χ3n) is 3.23. The molecule has 0 aromatic carbocycles. The molecule has 0 saturated carbocycles. The van der Waals surface area contributed by atoms with Crippen LogP contribution in [0.4, 0.5) is 0 Å². The minimum absolute atomic E-state index is 0.259. The monoisotopic (exact) mass is 203 g/mol. The smallest absolute Gasteiger partial charge is 0.255 e. The highest BCUT2D eigenvalue weighted by molar-refractivity contribution is 6.17. The molecule has 1 N–H and O–H groups in total. The molecule has 15 heavy (non-hydrogen) atoms. The van der Waals surface area contributed by atoms with Crippen LogP contribution in [0.1, 0.15) is 20.3 Å². The van der Waals surface area contributed by atoms with Crippen molar-refractivity contribution >= 4 is 11.8 Å². The summed E-state index contributed by atoms with van der Waals surface area (Å²) in [7, 11) is 0. The van der Waals surface area contributed by atoms with Crippen molar-refractivity contribution in [1.29, 1.82) is 0 Å². The maximum atomic E-state index is 11.6. The van der Waals surface area contributed by atoms with Crippen molar-refractivity contribution in [2.45, 2.75) is 20.3 Å². The van der Waals surface area contributed by atoms with E-state index in [0.29, 0.717) is 5.57 Å². The van der Waals surface area contributed by atoms with Crippen LogP contribution in [0.15, 0.2) is 35.5 Å². The van der Waals surface area contributed by atoms with E-state index in [0.717, 1.165) is 12.0 Å². The van der Waals surface area contributed by atoms with Crippen molar-refractivity contribution in [2.24, 2.45) is 5.41 Å². The zero-order valence-electron chi connectivity index (χ0n) is 8.83. The van der Waals surface area contributed by atoms with Crippen LogP contribution in [0, 0.1) is 5.41 Å². The maximum absolute atomic E-state index is 11.6. The molecule has 3 nitrogen and oxygen atoms in total. The van der Waals surface area contributed by atoms with Crippen LogP contribution < -0.4 is 5.32 Å². The van der Waals surface area contributed by atoms with E-state index in [1.165, 1.54) is 6.08 Å². The molecular weight excluding hydrogens is 190 g/mol. The Hall–Kier alpha value is -1.64. The normalized spacial score (nSPS) is 30.0. The topological polar surface area (TPSA) is 46.2 Å². The Balaban J connectivity index is 2.43. The molecule has 2 amide bonds. The number of allylic oxidation sites excluding steroid dienone is 4. The van der Waals surface area contributed by atoms with E-state index in [4.69, 9.17) is 0 Å². The molecule has 1 atom stereocenters. The van der Waals surface area contributed by atoms with E-state index >= 15 is 0 Å². The summed E-state index contributed by atoms with van der Waals surface area (Å²) >= 11 is 0. The molecule has 2 rings (SSSR count). The minimum Gasteiger partial charge on any atom is -0.289 e. The SMILES string of the molecule is CC1=CC=CCC1(C)C1=CC(=O)NC1=O. The molecule has 0 aromatic heterocycles. The molecule has 2 aliphatic rings. The number of hydrogen-bond acceptors (Lipinski definition) is 2. The molecule has 0 fully saturated rings. The summed E-state index contributed by atoms with van der Waals surface area (Å²) in [6, 6.07) is 0. The van der Waals surface area contributed by atoms with Gasteiger partial charge in [0, 0.05) is 17.1 Å². The predicted octanol–water partition coefficient (Wildman–Crippen LogP) is 1.48. The first-order valence-electron chi connectivity index (χ1n) is 4.95. The number of amides is 2. The third-order valence-corrected chi connectivity index (χ3v) is 3.23. The van der Waals surface area contributed by atoms with Crippen LogP contribution >= 0.6 is 0 Å².